The second-order valence-electron chi connectivity index (χ2n) is 5.52. The van der Waals surface area contributed by atoms with Crippen molar-refractivity contribution in [2.24, 2.45) is 0 Å². The van der Waals surface area contributed by atoms with Crippen molar-refractivity contribution in [3.63, 3.8) is 0 Å². The van der Waals surface area contributed by atoms with Crippen LogP contribution in [0, 0.1) is 6.92 Å². The van der Waals surface area contributed by atoms with Gasteiger partial charge in [0.15, 0.2) is 0 Å². The third kappa shape index (κ3) is 3.96. The minimum atomic E-state index is -3.56. The lowest BCUT2D eigenvalue weighted by molar-refractivity contribution is 0.330. The van der Waals surface area contributed by atoms with Gasteiger partial charge in [-0.2, -0.15) is 0 Å². The summed E-state index contributed by atoms with van der Waals surface area (Å²) in [6, 6.07) is 3.39. The van der Waals surface area contributed by atoms with Gasteiger partial charge in [-0.25, -0.2) is 13.1 Å². The maximum absolute atomic E-state index is 12.4. The molecule has 0 aromatic heterocycles. The molecule has 1 aromatic carbocycles. The number of aryl methyl sites for hydroxylation is 1. The van der Waals surface area contributed by atoms with E-state index in [0.29, 0.717) is 12.4 Å². The molecule has 0 unspecified atom stereocenters. The first-order valence-electron chi connectivity index (χ1n) is 6.98. The Labute approximate surface area is 122 Å². The molecule has 0 heterocycles. The van der Waals surface area contributed by atoms with Crippen LogP contribution in [-0.4, -0.2) is 21.1 Å². The molecular weight excluding hydrogens is 274 g/mol. The van der Waals surface area contributed by atoms with Gasteiger partial charge in [-0.3, -0.25) is 0 Å². The molecule has 0 fully saturated rings. The Morgan fingerprint density at radius 3 is 2.25 bits per heavy atom. The summed E-state index contributed by atoms with van der Waals surface area (Å²) in [5, 5.41) is 0. The Morgan fingerprint density at radius 2 is 1.80 bits per heavy atom. The van der Waals surface area contributed by atoms with Gasteiger partial charge in [0.05, 0.1) is 6.61 Å². The molecule has 20 heavy (non-hydrogen) atoms. The molecule has 0 aliphatic rings. The van der Waals surface area contributed by atoms with Crippen molar-refractivity contribution < 1.29 is 13.2 Å². The van der Waals surface area contributed by atoms with Crippen LogP contribution in [0.15, 0.2) is 17.0 Å². The Hall–Kier alpha value is -1.07. The Morgan fingerprint density at radius 1 is 1.20 bits per heavy atom. The quantitative estimate of drug-likeness (QED) is 0.877. The first-order valence-corrected chi connectivity index (χ1v) is 8.47. The van der Waals surface area contributed by atoms with E-state index in [4.69, 9.17) is 4.74 Å². The van der Waals surface area contributed by atoms with Crippen molar-refractivity contribution >= 4 is 10.0 Å². The van der Waals surface area contributed by atoms with Crippen molar-refractivity contribution in [2.45, 2.75) is 58.4 Å². The lowest BCUT2D eigenvalue weighted by Crippen LogP contribution is -2.30. The van der Waals surface area contributed by atoms with Crippen LogP contribution in [0.4, 0.5) is 0 Å². The fraction of sp³-hybridized carbons (Fsp3) is 0.600. The van der Waals surface area contributed by atoms with Crippen molar-refractivity contribution in [3.05, 3.63) is 23.3 Å². The molecule has 0 atom stereocenters. The smallest absolute Gasteiger partial charge is 0.244 e. The van der Waals surface area contributed by atoms with Gasteiger partial charge in [-0.05, 0) is 56.9 Å². The second kappa shape index (κ2) is 6.59. The van der Waals surface area contributed by atoms with Crippen molar-refractivity contribution in [3.8, 4) is 5.75 Å². The maximum atomic E-state index is 12.4. The van der Waals surface area contributed by atoms with Crippen LogP contribution in [-0.2, 0) is 10.0 Å². The monoisotopic (exact) mass is 299 g/mol. The van der Waals surface area contributed by atoms with E-state index in [1.807, 2.05) is 19.9 Å². The lowest BCUT2D eigenvalue weighted by atomic mass is 9.98. The van der Waals surface area contributed by atoms with E-state index in [2.05, 4.69) is 18.6 Å². The van der Waals surface area contributed by atoms with E-state index < -0.39 is 10.0 Å². The van der Waals surface area contributed by atoms with Crippen molar-refractivity contribution in [1.29, 1.82) is 0 Å². The summed E-state index contributed by atoms with van der Waals surface area (Å²) in [5.74, 6) is 0.682. The molecule has 5 heteroatoms. The number of hydrogen-bond acceptors (Lipinski definition) is 3. The van der Waals surface area contributed by atoms with Crippen molar-refractivity contribution in [1.82, 2.24) is 4.72 Å². The topological polar surface area (TPSA) is 55.4 Å². The molecular formula is C15H25NO3S. The minimum absolute atomic E-state index is 0.154. The maximum Gasteiger partial charge on any atom is 0.244 e. The number of hydrogen-bond donors (Lipinski definition) is 1. The summed E-state index contributed by atoms with van der Waals surface area (Å²) in [6.07, 6.45) is 0. The summed E-state index contributed by atoms with van der Waals surface area (Å²) in [4.78, 5) is 0.224. The minimum Gasteiger partial charge on any atom is -0.492 e. The molecule has 0 aliphatic heterocycles. The number of ether oxygens (including phenoxy) is 1. The van der Waals surface area contributed by atoms with Crippen LogP contribution in [0.1, 0.15) is 51.7 Å². The standard InChI is InChI=1S/C15H25NO3S/c1-7-19-14-8-12(6)13(10(2)3)9-15(14)20(17,18)16-11(4)5/h8-11,16H,7H2,1-6H3. The Balaban J connectivity index is 3.45. The molecule has 1 rings (SSSR count). The van der Waals surface area contributed by atoms with E-state index >= 15 is 0 Å². The van der Waals surface area contributed by atoms with Crippen LogP contribution in [0.3, 0.4) is 0 Å². The third-order valence-corrected chi connectivity index (χ3v) is 4.61. The van der Waals surface area contributed by atoms with Gasteiger partial charge in [0.1, 0.15) is 10.6 Å². The zero-order valence-electron chi connectivity index (χ0n) is 13.1. The largest absolute Gasteiger partial charge is 0.492 e. The first-order chi connectivity index (χ1) is 9.19. The van der Waals surface area contributed by atoms with Crippen molar-refractivity contribution in [2.75, 3.05) is 6.61 Å². The molecule has 0 saturated heterocycles. The highest BCUT2D eigenvalue weighted by atomic mass is 32.2. The van der Waals surface area contributed by atoms with Gasteiger partial charge in [0, 0.05) is 6.04 Å². The highest BCUT2D eigenvalue weighted by Gasteiger charge is 2.23. The van der Waals surface area contributed by atoms with E-state index in [1.54, 1.807) is 19.9 Å². The number of rotatable bonds is 6. The average Bonchev–Trinajstić information content (AvgIpc) is 2.26. The van der Waals surface area contributed by atoms with Crippen LogP contribution in [0.25, 0.3) is 0 Å². The lowest BCUT2D eigenvalue weighted by Gasteiger charge is -2.18. The zero-order valence-corrected chi connectivity index (χ0v) is 14.0. The van der Waals surface area contributed by atoms with E-state index in [1.165, 1.54) is 0 Å². The van der Waals surface area contributed by atoms with E-state index in [0.717, 1.165) is 11.1 Å². The van der Waals surface area contributed by atoms with Crippen LogP contribution < -0.4 is 9.46 Å². The van der Waals surface area contributed by atoms with Crippen LogP contribution in [0.2, 0.25) is 0 Å². The summed E-state index contributed by atoms with van der Waals surface area (Å²) in [5.41, 5.74) is 2.07. The highest BCUT2D eigenvalue weighted by molar-refractivity contribution is 7.89. The fourth-order valence-corrected chi connectivity index (χ4v) is 3.56. The summed E-state index contributed by atoms with van der Waals surface area (Å²) in [6.45, 7) is 12.0. The average molecular weight is 299 g/mol. The molecule has 0 aliphatic carbocycles. The van der Waals surface area contributed by atoms with E-state index in [-0.39, 0.29) is 16.9 Å². The zero-order chi connectivity index (χ0) is 15.5. The summed E-state index contributed by atoms with van der Waals surface area (Å²) >= 11 is 0. The first kappa shape index (κ1) is 17.0. The predicted octanol–water partition coefficient (Wildman–Crippen LogP) is 3.20. The van der Waals surface area contributed by atoms with Crippen LogP contribution in [0.5, 0.6) is 5.75 Å². The molecule has 0 amide bonds. The summed E-state index contributed by atoms with van der Waals surface area (Å²) < 4.78 is 33.0. The molecule has 0 radical (unpaired) electrons. The fourth-order valence-electron chi connectivity index (χ4n) is 2.15. The predicted molar refractivity (Wildman–Crippen MR) is 81.9 cm³/mol. The number of sulfonamides is 1. The van der Waals surface area contributed by atoms with Gasteiger partial charge >= 0.3 is 0 Å². The van der Waals surface area contributed by atoms with Gasteiger partial charge in [0.25, 0.3) is 0 Å². The summed E-state index contributed by atoms with van der Waals surface area (Å²) in [7, 11) is -3.56. The SMILES string of the molecule is CCOc1cc(C)c(C(C)C)cc1S(=O)(=O)NC(C)C. The second-order valence-corrected chi connectivity index (χ2v) is 7.20. The normalized spacial score (nSPS) is 12.2. The van der Waals surface area contributed by atoms with Gasteiger partial charge in [0.2, 0.25) is 10.0 Å². The van der Waals surface area contributed by atoms with Gasteiger partial charge in [-0.15, -0.1) is 0 Å². The Kier molecular flexibility index (Phi) is 5.59. The molecule has 114 valence electrons. The van der Waals surface area contributed by atoms with E-state index in [9.17, 15) is 8.42 Å². The molecule has 4 nitrogen and oxygen atoms in total. The number of benzene rings is 1. The third-order valence-electron chi connectivity index (χ3n) is 2.93. The number of nitrogens with one attached hydrogen (secondary N) is 1. The molecule has 1 N–H and O–H groups in total. The Bertz CT molecular complexity index is 563. The molecule has 0 bridgehead atoms. The highest BCUT2D eigenvalue weighted by Crippen LogP contribution is 2.31. The molecule has 1 aromatic rings. The van der Waals surface area contributed by atoms with Gasteiger partial charge in [-0.1, -0.05) is 13.8 Å². The van der Waals surface area contributed by atoms with Gasteiger partial charge < -0.3 is 4.74 Å². The van der Waals surface area contributed by atoms with Crippen LogP contribution >= 0.6 is 0 Å². The molecule has 0 spiro atoms. The molecule has 0 saturated carbocycles.